The number of hydrogen-bond acceptors (Lipinski definition) is 4. The normalized spacial score (nSPS) is 21.8. The van der Waals surface area contributed by atoms with E-state index >= 15 is 0 Å². The molecule has 0 radical (unpaired) electrons. The molecular formula is C17H23FN4O2. The van der Waals surface area contributed by atoms with E-state index < -0.39 is 5.82 Å². The van der Waals surface area contributed by atoms with Crippen LogP contribution in [-0.4, -0.2) is 66.9 Å². The SMILES string of the molecule is CC(=O)Nc1ccc(F)c(C(=O)N2CCC(N3CCNCC3)C2)c1. The van der Waals surface area contributed by atoms with Crippen LogP contribution in [0.4, 0.5) is 10.1 Å². The quantitative estimate of drug-likeness (QED) is 0.862. The van der Waals surface area contributed by atoms with Gasteiger partial charge in [-0.1, -0.05) is 0 Å². The van der Waals surface area contributed by atoms with Crippen molar-refractivity contribution in [2.24, 2.45) is 0 Å². The van der Waals surface area contributed by atoms with Crippen LogP contribution in [0.5, 0.6) is 0 Å². The summed E-state index contributed by atoms with van der Waals surface area (Å²) in [7, 11) is 0. The standard InChI is InChI=1S/C17H23FN4O2/c1-12(23)20-13-2-3-16(18)15(10-13)17(24)22-7-4-14(11-22)21-8-5-19-6-9-21/h2-3,10,14,19H,4-9,11H2,1H3,(H,20,23). The first kappa shape index (κ1) is 16.9. The summed E-state index contributed by atoms with van der Waals surface area (Å²) >= 11 is 0. The number of carbonyl (C=O) groups excluding carboxylic acids is 2. The zero-order chi connectivity index (χ0) is 17.1. The van der Waals surface area contributed by atoms with Crippen LogP contribution in [0.25, 0.3) is 0 Å². The van der Waals surface area contributed by atoms with Crippen molar-refractivity contribution < 1.29 is 14.0 Å². The Morgan fingerprint density at radius 2 is 2.00 bits per heavy atom. The molecule has 2 fully saturated rings. The van der Waals surface area contributed by atoms with Gasteiger partial charge in [-0.15, -0.1) is 0 Å². The van der Waals surface area contributed by atoms with Gasteiger partial charge in [0, 0.05) is 57.9 Å². The molecule has 1 aromatic rings. The monoisotopic (exact) mass is 334 g/mol. The maximum Gasteiger partial charge on any atom is 0.256 e. The van der Waals surface area contributed by atoms with Crippen LogP contribution in [-0.2, 0) is 4.79 Å². The average Bonchev–Trinajstić information content (AvgIpc) is 3.06. The molecule has 2 aliphatic heterocycles. The maximum absolute atomic E-state index is 14.1. The highest BCUT2D eigenvalue weighted by atomic mass is 19.1. The molecule has 0 aliphatic carbocycles. The second kappa shape index (κ2) is 7.27. The summed E-state index contributed by atoms with van der Waals surface area (Å²) in [6.07, 6.45) is 0.915. The van der Waals surface area contributed by atoms with E-state index in [1.165, 1.54) is 25.1 Å². The highest BCUT2D eigenvalue weighted by molar-refractivity contribution is 5.97. The largest absolute Gasteiger partial charge is 0.337 e. The van der Waals surface area contributed by atoms with Crippen molar-refractivity contribution in [2.75, 3.05) is 44.6 Å². The maximum atomic E-state index is 14.1. The summed E-state index contributed by atoms with van der Waals surface area (Å²) in [4.78, 5) is 27.9. The van der Waals surface area contributed by atoms with E-state index in [0.717, 1.165) is 32.6 Å². The fraction of sp³-hybridized carbons (Fsp3) is 0.529. The van der Waals surface area contributed by atoms with E-state index in [4.69, 9.17) is 0 Å². The highest BCUT2D eigenvalue weighted by Gasteiger charge is 2.32. The summed E-state index contributed by atoms with van der Waals surface area (Å²) in [5.74, 6) is -1.11. The van der Waals surface area contributed by atoms with E-state index in [1.54, 1.807) is 4.90 Å². The average molecular weight is 334 g/mol. The Morgan fingerprint density at radius 3 is 2.71 bits per heavy atom. The first-order valence-electron chi connectivity index (χ1n) is 8.36. The molecule has 1 atom stereocenters. The van der Waals surface area contributed by atoms with E-state index in [1.807, 2.05) is 0 Å². The predicted octanol–water partition coefficient (Wildman–Crippen LogP) is 0.904. The van der Waals surface area contributed by atoms with Crippen LogP contribution >= 0.6 is 0 Å². The Balaban J connectivity index is 1.69. The van der Waals surface area contributed by atoms with Crippen LogP contribution in [0.15, 0.2) is 18.2 Å². The Kier molecular flexibility index (Phi) is 5.11. The summed E-state index contributed by atoms with van der Waals surface area (Å²) in [6, 6.07) is 4.44. The van der Waals surface area contributed by atoms with Gasteiger partial charge >= 0.3 is 0 Å². The molecule has 24 heavy (non-hydrogen) atoms. The van der Waals surface area contributed by atoms with Crippen LogP contribution in [0, 0.1) is 5.82 Å². The Bertz CT molecular complexity index is 631. The molecule has 2 aliphatic rings. The lowest BCUT2D eigenvalue weighted by Crippen LogP contribution is -2.49. The van der Waals surface area contributed by atoms with Crippen molar-refractivity contribution >= 4 is 17.5 Å². The van der Waals surface area contributed by atoms with Gasteiger partial charge in [0.2, 0.25) is 5.91 Å². The number of halogens is 1. The van der Waals surface area contributed by atoms with Gasteiger partial charge in [0.05, 0.1) is 5.56 Å². The third kappa shape index (κ3) is 3.73. The first-order chi connectivity index (χ1) is 11.5. The number of nitrogens with one attached hydrogen (secondary N) is 2. The van der Waals surface area contributed by atoms with Crippen molar-refractivity contribution in [3.63, 3.8) is 0 Å². The topological polar surface area (TPSA) is 64.7 Å². The molecule has 3 rings (SSSR count). The summed E-state index contributed by atoms with van der Waals surface area (Å²) < 4.78 is 14.1. The Hall–Kier alpha value is -1.99. The van der Waals surface area contributed by atoms with Gasteiger partial charge in [0.1, 0.15) is 5.82 Å². The minimum atomic E-state index is -0.556. The van der Waals surface area contributed by atoms with Crippen molar-refractivity contribution in [1.82, 2.24) is 15.1 Å². The molecule has 1 unspecified atom stereocenters. The highest BCUT2D eigenvalue weighted by Crippen LogP contribution is 2.22. The number of anilines is 1. The molecule has 130 valence electrons. The van der Waals surface area contributed by atoms with Gasteiger partial charge in [-0.3, -0.25) is 14.5 Å². The summed E-state index contributed by atoms with van der Waals surface area (Å²) in [6.45, 7) is 6.55. The van der Waals surface area contributed by atoms with Crippen LogP contribution < -0.4 is 10.6 Å². The lowest BCUT2D eigenvalue weighted by atomic mass is 10.1. The number of carbonyl (C=O) groups is 2. The molecule has 2 heterocycles. The summed E-state index contributed by atoms with van der Waals surface area (Å²) in [5, 5.41) is 5.91. The third-order valence-electron chi connectivity index (χ3n) is 4.64. The molecule has 2 N–H and O–H groups in total. The molecule has 6 nitrogen and oxygen atoms in total. The van der Waals surface area contributed by atoms with E-state index in [9.17, 15) is 14.0 Å². The van der Waals surface area contributed by atoms with E-state index in [-0.39, 0.29) is 17.4 Å². The molecular weight excluding hydrogens is 311 g/mol. The van der Waals surface area contributed by atoms with Gasteiger partial charge in [-0.2, -0.15) is 0 Å². The number of rotatable bonds is 3. The number of piperazine rings is 1. The molecule has 0 bridgehead atoms. The van der Waals surface area contributed by atoms with Crippen LogP contribution in [0.2, 0.25) is 0 Å². The Morgan fingerprint density at radius 1 is 1.25 bits per heavy atom. The minimum Gasteiger partial charge on any atom is -0.337 e. The summed E-state index contributed by atoms with van der Waals surface area (Å²) in [5.41, 5.74) is 0.451. The lowest BCUT2D eigenvalue weighted by Gasteiger charge is -2.32. The van der Waals surface area contributed by atoms with Crippen molar-refractivity contribution in [2.45, 2.75) is 19.4 Å². The van der Waals surface area contributed by atoms with Crippen molar-refractivity contribution in [3.05, 3.63) is 29.6 Å². The zero-order valence-corrected chi connectivity index (χ0v) is 13.8. The lowest BCUT2D eigenvalue weighted by molar-refractivity contribution is -0.114. The predicted molar refractivity (Wildman–Crippen MR) is 89.5 cm³/mol. The number of likely N-dealkylation sites (tertiary alicyclic amines) is 1. The van der Waals surface area contributed by atoms with Gasteiger partial charge in [-0.25, -0.2) is 4.39 Å². The van der Waals surface area contributed by atoms with E-state index in [0.29, 0.717) is 24.8 Å². The fourth-order valence-corrected chi connectivity index (χ4v) is 3.41. The molecule has 0 spiro atoms. The molecule has 7 heteroatoms. The second-order valence-electron chi connectivity index (χ2n) is 6.36. The van der Waals surface area contributed by atoms with Crippen molar-refractivity contribution in [3.8, 4) is 0 Å². The number of amides is 2. The van der Waals surface area contributed by atoms with Gasteiger partial charge in [0.25, 0.3) is 5.91 Å². The minimum absolute atomic E-state index is 0.0159. The smallest absolute Gasteiger partial charge is 0.256 e. The molecule has 1 aromatic carbocycles. The van der Waals surface area contributed by atoms with Gasteiger partial charge in [0.15, 0.2) is 0 Å². The third-order valence-corrected chi connectivity index (χ3v) is 4.64. The molecule has 2 amide bonds. The van der Waals surface area contributed by atoms with Crippen molar-refractivity contribution in [1.29, 1.82) is 0 Å². The number of nitrogens with zero attached hydrogens (tertiary/aromatic N) is 2. The molecule has 0 aromatic heterocycles. The van der Waals surface area contributed by atoms with Gasteiger partial charge < -0.3 is 15.5 Å². The van der Waals surface area contributed by atoms with Crippen LogP contribution in [0.1, 0.15) is 23.7 Å². The van der Waals surface area contributed by atoms with Gasteiger partial charge in [-0.05, 0) is 24.6 Å². The Labute approximate surface area is 141 Å². The second-order valence-corrected chi connectivity index (χ2v) is 6.36. The molecule has 2 saturated heterocycles. The number of hydrogen-bond donors (Lipinski definition) is 2. The first-order valence-corrected chi connectivity index (χ1v) is 8.36. The van der Waals surface area contributed by atoms with Crippen LogP contribution in [0.3, 0.4) is 0 Å². The van der Waals surface area contributed by atoms with E-state index in [2.05, 4.69) is 15.5 Å². The zero-order valence-electron chi connectivity index (χ0n) is 13.8. The number of benzene rings is 1. The molecule has 0 saturated carbocycles. The fourth-order valence-electron chi connectivity index (χ4n) is 3.41.